The molecule has 0 saturated carbocycles. The number of pyridine rings is 1. The molecule has 0 bridgehead atoms. The van der Waals surface area contributed by atoms with Crippen molar-refractivity contribution in [3.8, 4) is 6.07 Å². The Morgan fingerprint density at radius 1 is 1.32 bits per heavy atom. The van der Waals surface area contributed by atoms with Gasteiger partial charge in [-0.15, -0.1) is 11.3 Å². The second-order valence-electron chi connectivity index (χ2n) is 6.96. The van der Waals surface area contributed by atoms with Crippen LogP contribution in [0, 0.1) is 16.7 Å². The number of anilines is 1. The molecule has 8 heteroatoms. The first kappa shape index (κ1) is 16.6. The molecule has 0 aromatic carbocycles. The van der Waals surface area contributed by atoms with Gasteiger partial charge in [0.05, 0.1) is 17.7 Å². The van der Waals surface area contributed by atoms with Gasteiger partial charge >= 0.3 is 6.18 Å². The molecule has 132 valence electrons. The van der Waals surface area contributed by atoms with Gasteiger partial charge in [0.25, 0.3) is 0 Å². The maximum Gasteiger partial charge on any atom is 0.393 e. The molecule has 2 fully saturated rings. The van der Waals surface area contributed by atoms with Gasteiger partial charge in [-0.3, -0.25) is 0 Å². The maximum atomic E-state index is 12.7. The Labute approximate surface area is 147 Å². The quantitative estimate of drug-likeness (QED) is 0.884. The number of rotatable bonds is 2. The van der Waals surface area contributed by atoms with Gasteiger partial charge in [0, 0.05) is 35.0 Å². The lowest BCUT2D eigenvalue weighted by Crippen LogP contribution is -2.60. The van der Waals surface area contributed by atoms with E-state index in [1.807, 2.05) is 0 Å². The topological polar surface area (TPSA) is 52.0 Å². The van der Waals surface area contributed by atoms with E-state index in [1.165, 1.54) is 6.20 Å². The van der Waals surface area contributed by atoms with Crippen molar-refractivity contribution in [3.05, 3.63) is 22.7 Å². The summed E-state index contributed by atoms with van der Waals surface area (Å²) < 4.78 is 38.1. The van der Waals surface area contributed by atoms with Crippen LogP contribution in [0.25, 0.3) is 10.2 Å². The number of nitriles is 1. The van der Waals surface area contributed by atoms with Crippen LogP contribution in [0.1, 0.15) is 23.3 Å². The summed E-state index contributed by atoms with van der Waals surface area (Å²) in [7, 11) is 0. The summed E-state index contributed by atoms with van der Waals surface area (Å²) in [5.41, 5.74) is 1.47. The Morgan fingerprint density at radius 2 is 2.04 bits per heavy atom. The standard InChI is InChI=1S/C17H17F3N4S/c18-17(19,20)6-12-5-13-14(11(7-21)8-23-15(13)25-12)24-9-16(10-24)1-3-22-4-2-16/h5,8,22H,1-4,6,9-10H2. The number of nitrogens with one attached hydrogen (secondary N) is 1. The zero-order chi connectivity index (χ0) is 17.7. The summed E-state index contributed by atoms with van der Waals surface area (Å²) in [4.78, 5) is 7.15. The van der Waals surface area contributed by atoms with Crippen molar-refractivity contribution in [2.75, 3.05) is 31.1 Å². The third kappa shape index (κ3) is 3.07. The molecule has 0 unspecified atom stereocenters. The molecule has 0 aliphatic carbocycles. The second-order valence-corrected chi connectivity index (χ2v) is 8.08. The Kier molecular flexibility index (Phi) is 3.89. The Morgan fingerprint density at radius 3 is 2.68 bits per heavy atom. The van der Waals surface area contributed by atoms with E-state index >= 15 is 0 Å². The molecule has 2 saturated heterocycles. The van der Waals surface area contributed by atoms with E-state index in [-0.39, 0.29) is 10.3 Å². The molecule has 25 heavy (non-hydrogen) atoms. The van der Waals surface area contributed by atoms with Gasteiger partial charge in [-0.25, -0.2) is 4.98 Å². The molecule has 4 rings (SSSR count). The number of piperidine rings is 1. The normalized spacial score (nSPS) is 19.8. The third-order valence-corrected chi connectivity index (χ3v) is 6.16. The highest BCUT2D eigenvalue weighted by atomic mass is 32.1. The van der Waals surface area contributed by atoms with Crippen LogP contribution in [0.3, 0.4) is 0 Å². The summed E-state index contributed by atoms with van der Waals surface area (Å²) in [6, 6.07) is 3.71. The molecule has 2 aromatic rings. The van der Waals surface area contributed by atoms with Crippen LogP contribution in [-0.4, -0.2) is 37.3 Å². The maximum absolute atomic E-state index is 12.7. The van der Waals surface area contributed by atoms with Crippen LogP contribution in [0.4, 0.5) is 18.9 Å². The molecule has 4 heterocycles. The smallest absolute Gasteiger partial charge is 0.369 e. The second kappa shape index (κ2) is 5.85. The van der Waals surface area contributed by atoms with Gasteiger partial charge in [-0.1, -0.05) is 0 Å². The highest BCUT2D eigenvalue weighted by molar-refractivity contribution is 7.18. The van der Waals surface area contributed by atoms with Crippen molar-refractivity contribution in [1.29, 1.82) is 5.26 Å². The number of nitrogens with zero attached hydrogens (tertiary/aromatic N) is 3. The van der Waals surface area contributed by atoms with E-state index in [1.54, 1.807) is 6.07 Å². The molecule has 0 radical (unpaired) electrons. The highest BCUT2D eigenvalue weighted by Crippen LogP contribution is 2.45. The zero-order valence-corrected chi connectivity index (χ0v) is 14.3. The van der Waals surface area contributed by atoms with Crippen molar-refractivity contribution < 1.29 is 13.2 Å². The fourth-order valence-corrected chi connectivity index (χ4v) is 4.96. The predicted molar refractivity (Wildman–Crippen MR) is 90.8 cm³/mol. The number of aromatic nitrogens is 1. The number of thiophene rings is 1. The monoisotopic (exact) mass is 366 g/mol. The zero-order valence-electron chi connectivity index (χ0n) is 13.5. The predicted octanol–water partition coefficient (Wildman–Crippen LogP) is 3.46. The first-order valence-corrected chi connectivity index (χ1v) is 9.05. The van der Waals surface area contributed by atoms with Crippen LogP contribution in [-0.2, 0) is 6.42 Å². The fraction of sp³-hybridized carbons (Fsp3) is 0.529. The largest absolute Gasteiger partial charge is 0.393 e. The summed E-state index contributed by atoms with van der Waals surface area (Å²) in [6.07, 6.45) is -1.51. The van der Waals surface area contributed by atoms with Crippen LogP contribution in [0.15, 0.2) is 12.3 Å². The first-order valence-electron chi connectivity index (χ1n) is 8.23. The van der Waals surface area contributed by atoms with E-state index in [2.05, 4.69) is 21.3 Å². The molecule has 0 atom stereocenters. The highest BCUT2D eigenvalue weighted by Gasteiger charge is 2.44. The van der Waals surface area contributed by atoms with Crippen molar-refractivity contribution in [3.63, 3.8) is 0 Å². The minimum absolute atomic E-state index is 0.239. The van der Waals surface area contributed by atoms with Gasteiger partial charge in [-0.2, -0.15) is 18.4 Å². The van der Waals surface area contributed by atoms with Crippen LogP contribution in [0.2, 0.25) is 0 Å². The van der Waals surface area contributed by atoms with E-state index in [0.717, 1.165) is 56.0 Å². The number of alkyl halides is 3. The molecule has 4 nitrogen and oxygen atoms in total. The lowest BCUT2D eigenvalue weighted by molar-refractivity contribution is -0.126. The van der Waals surface area contributed by atoms with E-state index in [9.17, 15) is 18.4 Å². The summed E-state index contributed by atoms with van der Waals surface area (Å²) in [5.74, 6) is 0. The molecule has 1 spiro atoms. The van der Waals surface area contributed by atoms with Crippen LogP contribution >= 0.6 is 11.3 Å². The van der Waals surface area contributed by atoms with Crippen molar-refractivity contribution >= 4 is 27.2 Å². The number of halogens is 3. The van der Waals surface area contributed by atoms with Crippen LogP contribution in [0.5, 0.6) is 0 Å². The number of fused-ring (bicyclic) bond motifs is 1. The van der Waals surface area contributed by atoms with Gasteiger partial charge < -0.3 is 10.2 Å². The molecule has 2 aliphatic rings. The molecule has 1 N–H and O–H groups in total. The van der Waals surface area contributed by atoms with Gasteiger partial charge in [0.15, 0.2) is 0 Å². The molecule has 2 aliphatic heterocycles. The first-order chi connectivity index (χ1) is 11.9. The minimum Gasteiger partial charge on any atom is -0.369 e. The van der Waals surface area contributed by atoms with Gasteiger partial charge in [-0.05, 0) is 32.0 Å². The van der Waals surface area contributed by atoms with Gasteiger partial charge in [0.1, 0.15) is 10.9 Å². The Bertz CT molecular complexity index is 838. The minimum atomic E-state index is -4.24. The lowest BCUT2D eigenvalue weighted by Gasteiger charge is -2.54. The fourth-order valence-electron chi connectivity index (χ4n) is 3.93. The van der Waals surface area contributed by atoms with E-state index in [0.29, 0.717) is 15.8 Å². The van der Waals surface area contributed by atoms with Crippen LogP contribution < -0.4 is 10.2 Å². The van der Waals surface area contributed by atoms with Gasteiger partial charge in [0.2, 0.25) is 0 Å². The van der Waals surface area contributed by atoms with Crippen molar-refractivity contribution in [2.24, 2.45) is 5.41 Å². The Balaban J connectivity index is 1.68. The molecule has 2 aromatic heterocycles. The lowest BCUT2D eigenvalue weighted by atomic mass is 9.72. The van der Waals surface area contributed by atoms with E-state index < -0.39 is 12.6 Å². The summed E-state index contributed by atoms with van der Waals surface area (Å²) in [5, 5.41) is 13.5. The summed E-state index contributed by atoms with van der Waals surface area (Å²) in [6.45, 7) is 3.71. The molecular formula is C17H17F3N4S. The van der Waals surface area contributed by atoms with Crippen molar-refractivity contribution in [1.82, 2.24) is 10.3 Å². The number of hydrogen-bond acceptors (Lipinski definition) is 5. The van der Waals surface area contributed by atoms with Crippen molar-refractivity contribution in [2.45, 2.75) is 25.4 Å². The third-order valence-electron chi connectivity index (χ3n) is 5.11. The average molecular weight is 366 g/mol. The SMILES string of the molecule is N#Cc1cnc2sc(CC(F)(F)F)cc2c1N1CC2(CCNCC2)C1. The average Bonchev–Trinajstić information content (AvgIpc) is 2.92. The summed E-state index contributed by atoms with van der Waals surface area (Å²) >= 11 is 1.06. The molecular weight excluding hydrogens is 349 g/mol. The molecule has 0 amide bonds. The number of hydrogen-bond donors (Lipinski definition) is 1. The Hall–Kier alpha value is -1.85. The van der Waals surface area contributed by atoms with E-state index in [4.69, 9.17) is 0 Å².